The van der Waals surface area contributed by atoms with Crippen LogP contribution in [-0.2, 0) is 16.2 Å². The van der Waals surface area contributed by atoms with Crippen molar-refractivity contribution in [3.63, 3.8) is 0 Å². The Bertz CT molecular complexity index is 527. The van der Waals surface area contributed by atoms with E-state index in [1.807, 2.05) is 11.5 Å². The summed E-state index contributed by atoms with van der Waals surface area (Å²) in [5.74, 6) is -0.0750. The third-order valence-corrected chi connectivity index (χ3v) is 6.49. The van der Waals surface area contributed by atoms with Gasteiger partial charge in [0.15, 0.2) is 0 Å². The summed E-state index contributed by atoms with van der Waals surface area (Å²) in [6, 6.07) is 7.02. The minimum atomic E-state index is -4.65. The molecule has 110 valence electrons. The van der Waals surface area contributed by atoms with Crippen LogP contribution in [0.2, 0.25) is 0 Å². The fraction of sp³-hybridized carbons (Fsp3) is 0.462. The van der Waals surface area contributed by atoms with E-state index in [2.05, 4.69) is 3.88 Å². The predicted molar refractivity (Wildman–Crippen MR) is 72.3 cm³/mol. The van der Waals surface area contributed by atoms with Gasteiger partial charge in [0.1, 0.15) is 0 Å². The summed E-state index contributed by atoms with van der Waals surface area (Å²) < 4.78 is 21.5. The van der Waals surface area contributed by atoms with Gasteiger partial charge >= 0.3 is 120 Å². The van der Waals surface area contributed by atoms with Crippen LogP contribution in [0.3, 0.4) is 0 Å². The van der Waals surface area contributed by atoms with Gasteiger partial charge in [0, 0.05) is 0 Å². The van der Waals surface area contributed by atoms with Crippen LogP contribution in [0.25, 0.3) is 0 Å². The average molecular weight is 343 g/mol. The van der Waals surface area contributed by atoms with E-state index in [0.717, 1.165) is 18.4 Å². The van der Waals surface area contributed by atoms with Crippen LogP contribution in [0.1, 0.15) is 44.1 Å². The van der Waals surface area contributed by atoms with Gasteiger partial charge < -0.3 is 0 Å². The predicted octanol–water partition coefficient (Wildman–Crippen LogP) is 1.48. The summed E-state index contributed by atoms with van der Waals surface area (Å²) in [6.07, 6.45) is 4.59. The molecule has 0 bridgehead atoms. The topological polar surface area (TPSA) is 84.9 Å². The second-order valence-corrected chi connectivity index (χ2v) is 8.80. The number of carbonyl (C=O) groups excluding carboxylic acids is 1. The Morgan fingerprint density at radius 1 is 1.40 bits per heavy atom. The van der Waals surface area contributed by atoms with Gasteiger partial charge in [-0.3, -0.25) is 0 Å². The Morgan fingerprint density at radius 2 is 2.10 bits per heavy atom. The molecule has 1 aromatic rings. The molecule has 2 rings (SSSR count). The second kappa shape index (κ2) is 6.59. The summed E-state index contributed by atoms with van der Waals surface area (Å²) in [5.41, 5.74) is 3.02. The summed E-state index contributed by atoms with van der Waals surface area (Å²) >= 11 is -4.65. The first kappa shape index (κ1) is 15.3. The molecule has 20 heavy (non-hydrogen) atoms. The van der Waals surface area contributed by atoms with Crippen molar-refractivity contribution in [2.75, 3.05) is 0 Å². The summed E-state index contributed by atoms with van der Waals surface area (Å²) in [4.78, 5) is 10.8. The van der Waals surface area contributed by atoms with Gasteiger partial charge in [-0.2, -0.15) is 0 Å². The molecule has 2 N–H and O–H groups in total. The first-order chi connectivity index (χ1) is 9.55. The molecule has 7 heteroatoms. The Hall–Kier alpha value is -1.07. The molecule has 1 aliphatic rings. The maximum absolute atomic E-state index is 12.4. The van der Waals surface area contributed by atoms with Gasteiger partial charge in [0.05, 0.1) is 0 Å². The Morgan fingerprint density at radius 3 is 2.70 bits per heavy atom. The van der Waals surface area contributed by atoms with E-state index in [9.17, 15) is 8.53 Å². The zero-order chi connectivity index (χ0) is 14.6. The van der Waals surface area contributed by atoms with E-state index in [1.165, 1.54) is 19.8 Å². The molecule has 1 saturated carbocycles. The van der Waals surface area contributed by atoms with Gasteiger partial charge in [-0.25, -0.2) is 0 Å². The van der Waals surface area contributed by atoms with E-state index in [-0.39, 0.29) is 4.35 Å². The number of carbonyl (C=O) groups is 1. The van der Waals surface area contributed by atoms with Gasteiger partial charge in [0.25, 0.3) is 0 Å². The third-order valence-electron chi connectivity index (χ3n) is 3.43. The normalized spacial score (nSPS) is 18.7. The molecular formula is C13H18AsNO5. The van der Waals surface area contributed by atoms with E-state index in [0.29, 0.717) is 5.92 Å². The number of hydroxylamine groups is 1. The van der Waals surface area contributed by atoms with Gasteiger partial charge in [-0.05, 0) is 0 Å². The number of nitrogens with one attached hydrogen (secondary N) is 1. The average Bonchev–Trinajstić information content (AvgIpc) is 2.99. The third kappa shape index (κ3) is 3.52. The summed E-state index contributed by atoms with van der Waals surface area (Å²) in [7, 11) is 0. The quantitative estimate of drug-likeness (QED) is 0.481. The first-order valence-corrected chi connectivity index (χ1v) is 9.78. The number of rotatable bonds is 5. The van der Waals surface area contributed by atoms with Crippen molar-refractivity contribution >= 4 is 24.4 Å². The number of benzene rings is 1. The fourth-order valence-corrected chi connectivity index (χ4v) is 4.67. The van der Waals surface area contributed by atoms with Gasteiger partial charge in [-0.1, -0.05) is 0 Å². The van der Waals surface area contributed by atoms with Crippen molar-refractivity contribution in [2.24, 2.45) is 0 Å². The van der Waals surface area contributed by atoms with Crippen molar-refractivity contribution < 1.29 is 21.5 Å². The van der Waals surface area contributed by atoms with Crippen molar-refractivity contribution in [3.05, 3.63) is 29.8 Å². The van der Waals surface area contributed by atoms with Crippen molar-refractivity contribution in [3.8, 4) is 0 Å². The van der Waals surface area contributed by atoms with E-state index in [4.69, 9.17) is 9.08 Å². The minimum absolute atomic E-state index is 0.281. The van der Waals surface area contributed by atoms with Crippen molar-refractivity contribution in [1.29, 1.82) is 0 Å². The molecule has 0 spiro atoms. The Labute approximate surface area is 120 Å². The van der Waals surface area contributed by atoms with Crippen LogP contribution >= 0.6 is 0 Å². The monoisotopic (exact) mass is 343 g/mol. The molecule has 1 fully saturated rings. The van der Waals surface area contributed by atoms with E-state index in [1.54, 1.807) is 18.2 Å². The summed E-state index contributed by atoms with van der Waals surface area (Å²) in [6.45, 7) is 1.21. The van der Waals surface area contributed by atoms with Crippen LogP contribution < -0.4 is 9.83 Å². The van der Waals surface area contributed by atoms with Crippen LogP contribution in [0.5, 0.6) is 0 Å². The molecule has 0 heterocycles. The zero-order valence-electron chi connectivity index (χ0n) is 11.2. The summed E-state index contributed by atoms with van der Waals surface area (Å²) in [5, 5.41) is 8.90. The van der Waals surface area contributed by atoms with Crippen LogP contribution in [-0.4, -0.2) is 25.3 Å². The number of hydrogen-bond acceptors (Lipinski definition) is 5. The standard InChI is InChI=1S/C13H18AsNO5/c1-10(16)15-19-14(17,20-18)13-8-4-7-12(9-13)11-5-2-3-6-11/h4,7-9,11,18H,2-3,5-6H2,1H3,(H,15,16). The van der Waals surface area contributed by atoms with Crippen LogP contribution in [0, 0.1) is 0 Å². The zero-order valence-corrected chi connectivity index (χ0v) is 13.1. The van der Waals surface area contributed by atoms with E-state index >= 15 is 0 Å². The molecule has 1 atom stereocenters. The molecule has 1 aromatic carbocycles. The van der Waals surface area contributed by atoms with Crippen LogP contribution in [0.4, 0.5) is 0 Å². The molecule has 6 nitrogen and oxygen atoms in total. The molecule has 1 unspecified atom stereocenters. The first-order valence-electron chi connectivity index (χ1n) is 6.54. The molecule has 1 aliphatic carbocycles. The van der Waals surface area contributed by atoms with Gasteiger partial charge in [0.2, 0.25) is 0 Å². The maximum atomic E-state index is 12.4. The van der Waals surface area contributed by atoms with Crippen molar-refractivity contribution in [1.82, 2.24) is 5.48 Å². The van der Waals surface area contributed by atoms with Gasteiger partial charge in [-0.15, -0.1) is 0 Å². The molecule has 1 amide bonds. The second-order valence-electron chi connectivity index (χ2n) is 4.91. The number of amides is 1. The molecule has 0 saturated heterocycles. The molecule has 0 radical (unpaired) electrons. The fourth-order valence-electron chi connectivity index (χ4n) is 2.45. The number of hydrogen-bond donors (Lipinski definition) is 2. The Kier molecular flexibility index (Phi) is 5.05. The SMILES string of the molecule is CC(=O)NO[As](=O)(OO)c1cccc(C2CCCC2)c1. The Balaban J connectivity index is 2.22. The molecule has 0 aliphatic heterocycles. The van der Waals surface area contributed by atoms with E-state index < -0.39 is 20.1 Å². The molecular weight excluding hydrogens is 325 g/mol. The van der Waals surface area contributed by atoms with Crippen LogP contribution in [0.15, 0.2) is 24.3 Å². The van der Waals surface area contributed by atoms with Crippen molar-refractivity contribution in [2.45, 2.75) is 38.5 Å². The molecule has 0 aromatic heterocycles.